The van der Waals surface area contributed by atoms with Gasteiger partial charge in [-0.05, 0) is 49.2 Å². The lowest BCUT2D eigenvalue weighted by Crippen LogP contribution is -2.30. The number of sulfonamides is 1. The predicted octanol–water partition coefficient (Wildman–Crippen LogP) is 4.14. The van der Waals surface area contributed by atoms with Crippen LogP contribution >= 0.6 is 0 Å². The normalized spacial score (nSPS) is 14.7. The number of amidine groups is 1. The maximum Gasteiger partial charge on any atom is 0.262 e. The van der Waals surface area contributed by atoms with Crippen molar-refractivity contribution in [2.24, 2.45) is 4.99 Å². The van der Waals surface area contributed by atoms with Gasteiger partial charge in [-0.1, -0.05) is 30.7 Å². The van der Waals surface area contributed by atoms with Crippen molar-refractivity contribution in [1.29, 1.82) is 0 Å². The third-order valence-electron chi connectivity index (χ3n) is 5.14. The number of nitrogens with one attached hydrogen (secondary N) is 2. The highest BCUT2D eigenvalue weighted by molar-refractivity contribution is 7.90. The number of pyridine rings is 1. The molecule has 0 unspecified atom stereocenters. The van der Waals surface area contributed by atoms with Gasteiger partial charge in [-0.2, -0.15) is 0 Å². The zero-order chi connectivity index (χ0) is 22.4. The Morgan fingerprint density at radius 1 is 0.969 bits per heavy atom. The largest absolute Gasteiger partial charge is 0.323 e. The van der Waals surface area contributed by atoms with E-state index in [1.165, 1.54) is 18.2 Å². The van der Waals surface area contributed by atoms with Crippen LogP contribution in [-0.4, -0.2) is 31.7 Å². The number of nitrogens with zero attached hydrogens (tertiary/aromatic N) is 2. The molecule has 2 N–H and O–H groups in total. The molecule has 0 spiro atoms. The zero-order valence-corrected chi connectivity index (χ0v) is 18.3. The van der Waals surface area contributed by atoms with Crippen LogP contribution in [0, 0.1) is 0 Å². The van der Waals surface area contributed by atoms with Crippen molar-refractivity contribution in [3.8, 4) is 0 Å². The number of rotatable bonds is 5. The molecule has 7 nitrogen and oxygen atoms in total. The van der Waals surface area contributed by atoms with Crippen LogP contribution in [0.25, 0.3) is 17.0 Å². The lowest BCUT2D eigenvalue weighted by Gasteiger charge is -2.10. The molecule has 1 aliphatic heterocycles. The van der Waals surface area contributed by atoms with Crippen LogP contribution < -0.4 is 10.0 Å². The van der Waals surface area contributed by atoms with Crippen LogP contribution in [0.5, 0.6) is 0 Å². The molecule has 0 saturated carbocycles. The van der Waals surface area contributed by atoms with Crippen LogP contribution in [0.15, 0.2) is 76.8 Å². The molecule has 32 heavy (non-hydrogen) atoms. The molecule has 164 valence electrons. The highest BCUT2D eigenvalue weighted by atomic mass is 32.2. The fourth-order valence-corrected chi connectivity index (χ4v) is 4.59. The van der Waals surface area contributed by atoms with Crippen LogP contribution in [0.2, 0.25) is 0 Å². The Bertz CT molecular complexity index is 1280. The van der Waals surface area contributed by atoms with Gasteiger partial charge in [0, 0.05) is 41.9 Å². The van der Waals surface area contributed by atoms with E-state index in [-0.39, 0.29) is 10.8 Å². The van der Waals surface area contributed by atoms with Gasteiger partial charge in [-0.3, -0.25) is 19.5 Å². The summed E-state index contributed by atoms with van der Waals surface area (Å²) in [5.74, 6) is 0.187. The number of hydrogen-bond donors (Lipinski definition) is 2. The first kappa shape index (κ1) is 21.7. The van der Waals surface area contributed by atoms with E-state index in [9.17, 15) is 13.2 Å². The standard InChI is InChI=1S/C24H24N4O3S/c29-23(15-10-19-7-4-6-18-8-5-17-26-24(18)19)27-20-11-13-21(14-12-20)32(30,31)28-22-9-2-1-3-16-25-22/h4-8,10-15,17H,1-3,9,16H2,(H,25,28)(H,27,29)/b15-10+. The zero-order valence-electron chi connectivity index (χ0n) is 17.5. The summed E-state index contributed by atoms with van der Waals surface area (Å²) in [6.07, 6.45) is 8.44. The minimum Gasteiger partial charge on any atom is -0.323 e. The molecule has 0 saturated heterocycles. The van der Waals surface area contributed by atoms with E-state index in [0.29, 0.717) is 24.5 Å². The number of hydrogen-bond acceptors (Lipinski definition) is 5. The smallest absolute Gasteiger partial charge is 0.262 e. The minimum absolute atomic E-state index is 0.125. The molecule has 3 aromatic rings. The number of para-hydroxylation sites is 1. The number of fused-ring (bicyclic) bond motifs is 1. The van der Waals surface area contributed by atoms with Crippen molar-refractivity contribution >= 4 is 44.4 Å². The highest BCUT2D eigenvalue weighted by Gasteiger charge is 2.17. The van der Waals surface area contributed by atoms with Gasteiger partial charge in [0.1, 0.15) is 5.84 Å². The summed E-state index contributed by atoms with van der Waals surface area (Å²) in [7, 11) is -3.70. The molecule has 1 aliphatic rings. The van der Waals surface area contributed by atoms with Gasteiger partial charge in [0.2, 0.25) is 5.91 Å². The number of amides is 1. The van der Waals surface area contributed by atoms with Gasteiger partial charge in [0.05, 0.1) is 10.4 Å². The summed E-state index contributed by atoms with van der Waals surface area (Å²) < 4.78 is 27.8. The first-order valence-corrected chi connectivity index (χ1v) is 12.0. The molecular weight excluding hydrogens is 424 g/mol. The molecule has 2 aromatic carbocycles. The van der Waals surface area contributed by atoms with Crippen LogP contribution in [0.1, 0.15) is 31.2 Å². The Morgan fingerprint density at radius 2 is 1.78 bits per heavy atom. The van der Waals surface area contributed by atoms with E-state index in [0.717, 1.165) is 35.7 Å². The monoisotopic (exact) mass is 448 g/mol. The molecular formula is C24H24N4O3S. The fraction of sp³-hybridized carbons (Fsp3) is 0.208. The Hall–Kier alpha value is -3.52. The summed E-state index contributed by atoms with van der Waals surface area (Å²) >= 11 is 0. The molecule has 1 aromatic heterocycles. The van der Waals surface area contributed by atoms with Gasteiger partial charge >= 0.3 is 0 Å². The fourth-order valence-electron chi connectivity index (χ4n) is 3.50. The Morgan fingerprint density at radius 3 is 2.62 bits per heavy atom. The molecule has 0 radical (unpaired) electrons. The average molecular weight is 449 g/mol. The van der Waals surface area contributed by atoms with Crippen molar-refractivity contribution in [3.63, 3.8) is 0 Å². The number of carbonyl (C=O) groups excluding carboxylic acids is 1. The van der Waals surface area contributed by atoms with Crippen molar-refractivity contribution < 1.29 is 13.2 Å². The molecule has 0 aliphatic carbocycles. The van der Waals surface area contributed by atoms with Crippen LogP contribution in [0.4, 0.5) is 5.69 Å². The predicted molar refractivity (Wildman–Crippen MR) is 127 cm³/mol. The SMILES string of the molecule is O=C(/C=C/c1cccc2cccnc12)Nc1ccc(S(=O)(=O)NC2=NCCCCC2)cc1. The second-order valence-electron chi connectivity index (χ2n) is 7.51. The Labute approximate surface area is 187 Å². The number of aromatic nitrogens is 1. The Kier molecular flexibility index (Phi) is 6.61. The lowest BCUT2D eigenvalue weighted by atomic mass is 10.1. The molecule has 1 amide bonds. The van der Waals surface area contributed by atoms with Crippen molar-refractivity contribution in [3.05, 3.63) is 72.4 Å². The van der Waals surface area contributed by atoms with E-state index in [1.54, 1.807) is 24.4 Å². The van der Waals surface area contributed by atoms with E-state index < -0.39 is 10.0 Å². The second-order valence-corrected chi connectivity index (χ2v) is 9.20. The molecule has 0 bridgehead atoms. The summed E-state index contributed by atoms with van der Waals surface area (Å²) in [4.78, 5) is 21.1. The lowest BCUT2D eigenvalue weighted by molar-refractivity contribution is -0.111. The van der Waals surface area contributed by atoms with Crippen molar-refractivity contribution in [2.45, 2.75) is 30.6 Å². The van der Waals surface area contributed by atoms with Gasteiger partial charge in [0.25, 0.3) is 10.0 Å². The van der Waals surface area contributed by atoms with Gasteiger partial charge in [0.15, 0.2) is 0 Å². The maximum absolute atomic E-state index is 12.6. The van der Waals surface area contributed by atoms with Crippen molar-refractivity contribution in [2.75, 3.05) is 11.9 Å². The quantitative estimate of drug-likeness (QED) is 0.573. The molecule has 4 rings (SSSR count). The molecule has 0 fully saturated rings. The minimum atomic E-state index is -3.70. The van der Waals surface area contributed by atoms with E-state index in [2.05, 4.69) is 20.0 Å². The average Bonchev–Trinajstić information content (AvgIpc) is 3.06. The first-order valence-electron chi connectivity index (χ1n) is 10.5. The van der Waals surface area contributed by atoms with Crippen LogP contribution in [-0.2, 0) is 14.8 Å². The van der Waals surface area contributed by atoms with Gasteiger partial charge in [-0.15, -0.1) is 0 Å². The Balaban J connectivity index is 1.41. The number of carbonyl (C=O) groups is 1. The van der Waals surface area contributed by atoms with Gasteiger partial charge in [-0.25, -0.2) is 8.42 Å². The summed E-state index contributed by atoms with van der Waals surface area (Å²) in [6.45, 7) is 0.644. The van der Waals surface area contributed by atoms with E-state index in [1.807, 2.05) is 30.3 Å². The van der Waals surface area contributed by atoms with E-state index in [4.69, 9.17) is 0 Å². The number of anilines is 1. The number of aliphatic imine (C=N–C) groups is 1. The molecule has 2 heterocycles. The summed E-state index contributed by atoms with van der Waals surface area (Å²) in [6, 6.07) is 15.7. The topological polar surface area (TPSA) is 101 Å². The second kappa shape index (κ2) is 9.74. The molecule has 8 heteroatoms. The summed E-state index contributed by atoms with van der Waals surface area (Å²) in [5.41, 5.74) is 2.16. The molecule has 0 atom stereocenters. The third-order valence-corrected chi connectivity index (χ3v) is 6.53. The first-order chi connectivity index (χ1) is 15.5. The highest BCUT2D eigenvalue weighted by Crippen LogP contribution is 2.18. The maximum atomic E-state index is 12.6. The summed E-state index contributed by atoms with van der Waals surface area (Å²) in [5, 5.41) is 3.74. The number of benzene rings is 2. The third kappa shape index (κ3) is 5.39. The van der Waals surface area contributed by atoms with E-state index >= 15 is 0 Å². The van der Waals surface area contributed by atoms with Crippen LogP contribution in [0.3, 0.4) is 0 Å². The van der Waals surface area contributed by atoms with Crippen molar-refractivity contribution in [1.82, 2.24) is 9.71 Å². The van der Waals surface area contributed by atoms with Gasteiger partial charge < -0.3 is 5.32 Å².